The number of nitrogens with one attached hydrogen (secondary N) is 1. The summed E-state index contributed by atoms with van der Waals surface area (Å²) in [5.74, 6) is 0. The second-order valence-corrected chi connectivity index (χ2v) is 5.09. The molecule has 1 aromatic carbocycles. The lowest BCUT2D eigenvalue weighted by Crippen LogP contribution is -2.31. The highest BCUT2D eigenvalue weighted by Gasteiger charge is 2.37. The fraction of sp³-hybridized carbons (Fsp3) is 0.455. The molecule has 1 aliphatic carbocycles. The minimum Gasteiger partial charge on any atom is -0.383 e. The Morgan fingerprint density at radius 1 is 1.50 bits per heavy atom. The van der Waals surface area contributed by atoms with Crippen LogP contribution in [0.3, 0.4) is 0 Å². The summed E-state index contributed by atoms with van der Waals surface area (Å²) in [5.41, 5.74) is 8.51. The van der Waals surface area contributed by atoms with Gasteiger partial charge in [-0.15, -0.1) is 0 Å². The minimum atomic E-state index is 0.0642. The van der Waals surface area contributed by atoms with E-state index in [2.05, 4.69) is 46.4 Å². The molecule has 3 N–H and O–H groups in total. The molecular formula is C11H15BrN2. The molecular weight excluding hydrogens is 240 g/mol. The molecule has 0 unspecified atom stereocenters. The van der Waals surface area contributed by atoms with Crippen molar-refractivity contribution in [3.8, 4) is 0 Å². The molecule has 0 spiro atoms. The summed E-state index contributed by atoms with van der Waals surface area (Å²) in [6, 6.07) is 6.25. The first-order chi connectivity index (χ1) is 6.59. The maximum Gasteiger partial charge on any atom is 0.0381 e. The highest BCUT2D eigenvalue weighted by molar-refractivity contribution is 9.10. The van der Waals surface area contributed by atoms with Gasteiger partial charge in [0.05, 0.1) is 0 Å². The number of halogens is 1. The number of hydrogen-bond donors (Lipinski definition) is 2. The Hall–Kier alpha value is -0.540. The van der Waals surface area contributed by atoms with Crippen LogP contribution in [-0.4, -0.2) is 12.1 Å². The Morgan fingerprint density at radius 3 is 2.86 bits per heavy atom. The van der Waals surface area contributed by atoms with Crippen LogP contribution in [0.2, 0.25) is 0 Å². The molecule has 76 valence electrons. The molecule has 14 heavy (non-hydrogen) atoms. The summed E-state index contributed by atoms with van der Waals surface area (Å²) in [7, 11) is 0. The van der Waals surface area contributed by atoms with Gasteiger partial charge in [-0.2, -0.15) is 0 Å². The van der Waals surface area contributed by atoms with E-state index in [1.54, 1.807) is 0 Å². The zero-order valence-electron chi connectivity index (χ0n) is 8.31. The molecule has 0 amide bonds. The van der Waals surface area contributed by atoms with Crippen LogP contribution in [0.1, 0.15) is 18.4 Å². The lowest BCUT2D eigenvalue weighted by Gasteiger charge is -2.13. The van der Waals surface area contributed by atoms with Crippen LogP contribution in [0.15, 0.2) is 22.7 Å². The smallest absolute Gasteiger partial charge is 0.0381 e. The van der Waals surface area contributed by atoms with Gasteiger partial charge in [-0.25, -0.2) is 0 Å². The summed E-state index contributed by atoms with van der Waals surface area (Å²) in [6.07, 6.45) is 2.29. The van der Waals surface area contributed by atoms with E-state index in [0.29, 0.717) is 0 Å². The van der Waals surface area contributed by atoms with E-state index in [9.17, 15) is 0 Å². The summed E-state index contributed by atoms with van der Waals surface area (Å²) in [5, 5.41) is 3.40. The molecule has 0 heterocycles. The molecule has 2 nitrogen and oxygen atoms in total. The normalized spacial score (nSPS) is 17.9. The van der Waals surface area contributed by atoms with Crippen molar-refractivity contribution in [1.82, 2.24) is 0 Å². The monoisotopic (exact) mass is 254 g/mol. The van der Waals surface area contributed by atoms with Gasteiger partial charge >= 0.3 is 0 Å². The SMILES string of the molecule is Cc1ccc(Br)cc1NCC1(N)CC1. The molecule has 1 aliphatic rings. The summed E-state index contributed by atoms with van der Waals surface area (Å²) < 4.78 is 1.10. The van der Waals surface area contributed by atoms with Crippen LogP contribution in [-0.2, 0) is 0 Å². The Morgan fingerprint density at radius 2 is 2.21 bits per heavy atom. The van der Waals surface area contributed by atoms with Gasteiger partial charge in [-0.1, -0.05) is 22.0 Å². The van der Waals surface area contributed by atoms with Crippen LogP contribution < -0.4 is 11.1 Å². The molecule has 0 bridgehead atoms. The predicted molar refractivity (Wildman–Crippen MR) is 63.5 cm³/mol. The molecule has 1 aromatic rings. The average molecular weight is 255 g/mol. The van der Waals surface area contributed by atoms with Gasteiger partial charge < -0.3 is 11.1 Å². The maximum atomic E-state index is 6.01. The second-order valence-electron chi connectivity index (χ2n) is 4.18. The summed E-state index contributed by atoms with van der Waals surface area (Å²) in [6.45, 7) is 2.98. The van der Waals surface area contributed by atoms with Gasteiger partial charge in [0.25, 0.3) is 0 Å². The molecule has 1 saturated carbocycles. The molecule has 3 heteroatoms. The summed E-state index contributed by atoms with van der Waals surface area (Å²) in [4.78, 5) is 0. The molecule has 1 fully saturated rings. The van der Waals surface area contributed by atoms with Crippen molar-refractivity contribution >= 4 is 21.6 Å². The third kappa shape index (κ3) is 2.28. The second kappa shape index (κ2) is 3.55. The van der Waals surface area contributed by atoms with Crippen LogP contribution in [0.25, 0.3) is 0 Å². The van der Waals surface area contributed by atoms with Crippen LogP contribution in [0.4, 0.5) is 5.69 Å². The first kappa shape index (κ1) is 9.99. The average Bonchev–Trinajstić information content (AvgIpc) is 2.87. The largest absolute Gasteiger partial charge is 0.383 e. The molecule has 0 radical (unpaired) electrons. The van der Waals surface area contributed by atoms with Gasteiger partial charge in [0.15, 0.2) is 0 Å². The van der Waals surface area contributed by atoms with Gasteiger partial charge in [-0.05, 0) is 37.5 Å². The highest BCUT2D eigenvalue weighted by atomic mass is 79.9. The lowest BCUT2D eigenvalue weighted by molar-refractivity contribution is 0.713. The van der Waals surface area contributed by atoms with E-state index >= 15 is 0 Å². The van der Waals surface area contributed by atoms with Crippen molar-refractivity contribution in [2.24, 2.45) is 5.73 Å². The fourth-order valence-electron chi connectivity index (χ4n) is 1.39. The van der Waals surface area contributed by atoms with Crippen LogP contribution in [0, 0.1) is 6.92 Å². The van der Waals surface area contributed by atoms with E-state index in [0.717, 1.165) is 23.9 Å². The van der Waals surface area contributed by atoms with Gasteiger partial charge in [0.1, 0.15) is 0 Å². The quantitative estimate of drug-likeness (QED) is 0.871. The molecule has 0 aliphatic heterocycles. The zero-order chi connectivity index (χ0) is 10.2. The number of anilines is 1. The zero-order valence-corrected chi connectivity index (χ0v) is 9.89. The predicted octanol–water partition coefficient (Wildman–Crippen LogP) is 2.66. The topological polar surface area (TPSA) is 38.0 Å². The van der Waals surface area contributed by atoms with Gasteiger partial charge in [-0.3, -0.25) is 0 Å². The molecule has 0 saturated heterocycles. The van der Waals surface area contributed by atoms with Gasteiger partial charge in [0, 0.05) is 22.2 Å². The fourth-order valence-corrected chi connectivity index (χ4v) is 1.75. The first-order valence-electron chi connectivity index (χ1n) is 4.88. The van der Waals surface area contributed by atoms with Crippen LogP contribution >= 0.6 is 15.9 Å². The minimum absolute atomic E-state index is 0.0642. The molecule has 0 aromatic heterocycles. The lowest BCUT2D eigenvalue weighted by atomic mass is 10.2. The van der Waals surface area contributed by atoms with Crippen molar-refractivity contribution in [3.63, 3.8) is 0 Å². The first-order valence-corrected chi connectivity index (χ1v) is 5.67. The van der Waals surface area contributed by atoms with Crippen molar-refractivity contribution in [3.05, 3.63) is 28.2 Å². The number of nitrogens with two attached hydrogens (primary N) is 1. The third-order valence-corrected chi connectivity index (χ3v) is 3.22. The van der Waals surface area contributed by atoms with Crippen molar-refractivity contribution < 1.29 is 0 Å². The number of hydrogen-bond acceptors (Lipinski definition) is 2. The number of benzene rings is 1. The Kier molecular flexibility index (Phi) is 2.54. The number of aryl methyl sites for hydroxylation is 1. The van der Waals surface area contributed by atoms with Crippen LogP contribution in [0.5, 0.6) is 0 Å². The molecule has 2 rings (SSSR count). The van der Waals surface area contributed by atoms with Crippen molar-refractivity contribution in [2.75, 3.05) is 11.9 Å². The van der Waals surface area contributed by atoms with E-state index < -0.39 is 0 Å². The van der Waals surface area contributed by atoms with E-state index in [1.807, 2.05) is 0 Å². The van der Waals surface area contributed by atoms with E-state index in [4.69, 9.17) is 5.73 Å². The number of rotatable bonds is 3. The summed E-state index contributed by atoms with van der Waals surface area (Å²) >= 11 is 3.46. The Labute approximate surface area is 93.0 Å². The highest BCUT2D eigenvalue weighted by Crippen LogP contribution is 2.32. The van der Waals surface area contributed by atoms with E-state index in [-0.39, 0.29) is 5.54 Å². The van der Waals surface area contributed by atoms with Crippen molar-refractivity contribution in [2.45, 2.75) is 25.3 Å². The van der Waals surface area contributed by atoms with E-state index in [1.165, 1.54) is 11.3 Å². The van der Waals surface area contributed by atoms with Gasteiger partial charge in [0.2, 0.25) is 0 Å². The molecule has 0 atom stereocenters. The Balaban J connectivity index is 2.04. The maximum absolute atomic E-state index is 6.01. The third-order valence-electron chi connectivity index (χ3n) is 2.72. The standard InChI is InChI=1S/C11H15BrN2/c1-8-2-3-9(12)6-10(8)14-7-11(13)4-5-11/h2-3,6,14H,4-5,7,13H2,1H3. The Bertz CT molecular complexity index is 345. The van der Waals surface area contributed by atoms with Crippen molar-refractivity contribution in [1.29, 1.82) is 0 Å².